The molecule has 1 amide bonds. The van der Waals surface area contributed by atoms with Gasteiger partial charge in [0.25, 0.3) is 5.91 Å². The number of carbonyl (C=O) groups excluding carboxylic acids is 2. The molecule has 0 aromatic heterocycles. The summed E-state index contributed by atoms with van der Waals surface area (Å²) >= 11 is 6.06. The van der Waals surface area contributed by atoms with E-state index in [4.69, 9.17) is 25.8 Å². The Balaban J connectivity index is 2.04. The molecule has 0 bridgehead atoms. The van der Waals surface area contributed by atoms with Crippen molar-refractivity contribution in [2.45, 2.75) is 6.92 Å². The van der Waals surface area contributed by atoms with E-state index in [1.807, 2.05) is 13.0 Å². The van der Waals surface area contributed by atoms with Crippen molar-refractivity contribution in [3.63, 3.8) is 0 Å². The SMILES string of the molecule is COc1cccc(OC)c1C(=O)OCC(=O)Nc1ccc(C)cc1Cl. The summed E-state index contributed by atoms with van der Waals surface area (Å²) in [6.07, 6.45) is 0. The van der Waals surface area contributed by atoms with Crippen LogP contribution in [0.1, 0.15) is 15.9 Å². The Morgan fingerprint density at radius 3 is 2.28 bits per heavy atom. The molecule has 2 aromatic rings. The number of nitrogens with one attached hydrogen (secondary N) is 1. The zero-order valence-electron chi connectivity index (χ0n) is 14.1. The van der Waals surface area contributed by atoms with Gasteiger partial charge in [0.05, 0.1) is 24.9 Å². The number of hydrogen-bond acceptors (Lipinski definition) is 5. The first-order valence-electron chi connectivity index (χ1n) is 7.40. The van der Waals surface area contributed by atoms with Crippen molar-refractivity contribution in [1.82, 2.24) is 0 Å². The predicted octanol–water partition coefficient (Wildman–Crippen LogP) is 3.46. The van der Waals surface area contributed by atoms with Crippen molar-refractivity contribution in [2.75, 3.05) is 26.1 Å². The monoisotopic (exact) mass is 363 g/mol. The molecule has 0 saturated carbocycles. The minimum Gasteiger partial charge on any atom is -0.496 e. The fourth-order valence-corrected chi connectivity index (χ4v) is 2.45. The Hall–Kier alpha value is -2.73. The Morgan fingerprint density at radius 2 is 1.72 bits per heavy atom. The lowest BCUT2D eigenvalue weighted by Crippen LogP contribution is -2.21. The molecule has 0 unspecified atom stereocenters. The van der Waals surface area contributed by atoms with Crippen LogP contribution in [0.3, 0.4) is 0 Å². The van der Waals surface area contributed by atoms with Gasteiger partial charge in [0.2, 0.25) is 0 Å². The third-order valence-electron chi connectivity index (χ3n) is 3.36. The first kappa shape index (κ1) is 18.6. The van der Waals surface area contributed by atoms with Crippen LogP contribution in [0.15, 0.2) is 36.4 Å². The van der Waals surface area contributed by atoms with E-state index in [0.29, 0.717) is 22.2 Å². The molecule has 6 nitrogen and oxygen atoms in total. The van der Waals surface area contributed by atoms with Crippen molar-refractivity contribution < 1.29 is 23.8 Å². The maximum absolute atomic E-state index is 12.3. The molecule has 0 aliphatic rings. The molecule has 0 atom stereocenters. The lowest BCUT2D eigenvalue weighted by molar-refractivity contribution is -0.119. The minimum atomic E-state index is -0.723. The molecule has 2 aromatic carbocycles. The van der Waals surface area contributed by atoms with Crippen LogP contribution in [-0.4, -0.2) is 32.7 Å². The smallest absolute Gasteiger partial charge is 0.346 e. The summed E-state index contributed by atoms with van der Waals surface area (Å²) < 4.78 is 15.3. The Morgan fingerprint density at radius 1 is 1.08 bits per heavy atom. The summed E-state index contributed by atoms with van der Waals surface area (Å²) in [5.41, 5.74) is 1.54. The van der Waals surface area contributed by atoms with Crippen LogP contribution in [0.5, 0.6) is 11.5 Å². The molecule has 0 aliphatic carbocycles. The van der Waals surface area contributed by atoms with E-state index in [-0.39, 0.29) is 5.56 Å². The molecule has 1 N–H and O–H groups in total. The third-order valence-corrected chi connectivity index (χ3v) is 3.68. The number of rotatable bonds is 6. The van der Waals surface area contributed by atoms with Gasteiger partial charge in [-0.2, -0.15) is 0 Å². The highest BCUT2D eigenvalue weighted by Gasteiger charge is 2.20. The van der Waals surface area contributed by atoms with Crippen LogP contribution >= 0.6 is 11.6 Å². The molecule has 0 heterocycles. The van der Waals surface area contributed by atoms with Crippen molar-refractivity contribution in [2.24, 2.45) is 0 Å². The normalized spacial score (nSPS) is 10.1. The van der Waals surface area contributed by atoms with Gasteiger partial charge in [-0.25, -0.2) is 4.79 Å². The fourth-order valence-electron chi connectivity index (χ4n) is 2.16. The molecule has 0 spiro atoms. The molecule has 0 saturated heterocycles. The Labute approximate surface area is 150 Å². The Kier molecular flexibility index (Phi) is 6.25. The number of anilines is 1. The predicted molar refractivity (Wildman–Crippen MR) is 94.6 cm³/mol. The second-order valence-electron chi connectivity index (χ2n) is 5.15. The number of hydrogen-bond donors (Lipinski definition) is 1. The van der Waals surface area contributed by atoms with E-state index in [9.17, 15) is 9.59 Å². The summed E-state index contributed by atoms with van der Waals surface area (Å²) in [7, 11) is 2.86. The van der Waals surface area contributed by atoms with E-state index in [0.717, 1.165) is 5.56 Å². The lowest BCUT2D eigenvalue weighted by Gasteiger charge is -2.12. The van der Waals surface area contributed by atoms with Gasteiger partial charge in [0.15, 0.2) is 6.61 Å². The second-order valence-corrected chi connectivity index (χ2v) is 5.55. The molecule has 25 heavy (non-hydrogen) atoms. The summed E-state index contributed by atoms with van der Waals surface area (Å²) in [5.74, 6) is -0.634. The standard InChI is InChI=1S/C18H18ClNO5/c1-11-7-8-13(12(19)9-11)20-16(21)10-25-18(22)17-14(23-2)5-4-6-15(17)24-3/h4-9H,10H2,1-3H3,(H,20,21). The number of methoxy groups -OCH3 is 2. The highest BCUT2D eigenvalue weighted by molar-refractivity contribution is 6.33. The molecule has 2 rings (SSSR count). The number of halogens is 1. The van der Waals surface area contributed by atoms with Crippen molar-refractivity contribution in [1.29, 1.82) is 0 Å². The minimum absolute atomic E-state index is 0.119. The maximum Gasteiger partial charge on any atom is 0.346 e. The zero-order valence-corrected chi connectivity index (χ0v) is 14.8. The number of benzene rings is 2. The number of carbonyl (C=O) groups is 2. The van der Waals surface area contributed by atoms with E-state index < -0.39 is 18.5 Å². The topological polar surface area (TPSA) is 73.9 Å². The van der Waals surface area contributed by atoms with Gasteiger partial charge in [-0.15, -0.1) is 0 Å². The summed E-state index contributed by atoms with van der Waals surface area (Å²) in [6.45, 7) is 1.42. The summed E-state index contributed by atoms with van der Waals surface area (Å²) in [4.78, 5) is 24.3. The molecular formula is C18H18ClNO5. The van der Waals surface area contributed by atoms with Gasteiger partial charge >= 0.3 is 5.97 Å². The largest absolute Gasteiger partial charge is 0.496 e. The molecule has 0 aliphatic heterocycles. The molecule has 132 valence electrons. The van der Waals surface area contributed by atoms with Crippen molar-refractivity contribution in [3.8, 4) is 11.5 Å². The van der Waals surface area contributed by atoms with Gasteiger partial charge in [0, 0.05) is 0 Å². The van der Waals surface area contributed by atoms with Gasteiger partial charge < -0.3 is 19.5 Å². The van der Waals surface area contributed by atoms with Crippen molar-refractivity contribution >= 4 is 29.2 Å². The summed E-state index contributed by atoms with van der Waals surface area (Å²) in [6, 6.07) is 10.1. The first-order chi connectivity index (χ1) is 12.0. The first-order valence-corrected chi connectivity index (χ1v) is 7.78. The van der Waals surface area contributed by atoms with Crippen LogP contribution in [0.4, 0.5) is 5.69 Å². The molecule has 0 fully saturated rings. The van der Waals surface area contributed by atoms with Crippen LogP contribution in [0.2, 0.25) is 5.02 Å². The summed E-state index contributed by atoms with van der Waals surface area (Å²) in [5, 5.41) is 3.00. The number of amides is 1. The van der Waals surface area contributed by atoms with Crippen LogP contribution in [0.25, 0.3) is 0 Å². The molecule has 7 heteroatoms. The van der Waals surface area contributed by atoms with Gasteiger partial charge in [-0.05, 0) is 36.8 Å². The number of aryl methyl sites for hydroxylation is 1. The lowest BCUT2D eigenvalue weighted by atomic mass is 10.2. The van der Waals surface area contributed by atoms with E-state index >= 15 is 0 Å². The highest BCUT2D eigenvalue weighted by Crippen LogP contribution is 2.29. The van der Waals surface area contributed by atoms with E-state index in [2.05, 4.69) is 5.32 Å². The molecule has 0 radical (unpaired) electrons. The van der Waals surface area contributed by atoms with Crippen molar-refractivity contribution in [3.05, 3.63) is 52.5 Å². The fraction of sp³-hybridized carbons (Fsp3) is 0.222. The van der Waals surface area contributed by atoms with Crippen LogP contribution < -0.4 is 14.8 Å². The molecular weight excluding hydrogens is 346 g/mol. The average molecular weight is 364 g/mol. The number of esters is 1. The van der Waals surface area contributed by atoms with Gasteiger partial charge in [0.1, 0.15) is 17.1 Å². The number of ether oxygens (including phenoxy) is 3. The van der Waals surface area contributed by atoms with Gasteiger partial charge in [-0.1, -0.05) is 23.7 Å². The maximum atomic E-state index is 12.3. The Bertz CT molecular complexity index is 769. The van der Waals surface area contributed by atoms with Crippen LogP contribution in [-0.2, 0) is 9.53 Å². The average Bonchev–Trinajstić information content (AvgIpc) is 2.61. The highest BCUT2D eigenvalue weighted by atomic mass is 35.5. The zero-order chi connectivity index (χ0) is 18.4. The van der Waals surface area contributed by atoms with Gasteiger partial charge in [-0.3, -0.25) is 4.79 Å². The second kappa shape index (κ2) is 8.39. The van der Waals surface area contributed by atoms with Crippen LogP contribution in [0, 0.1) is 6.92 Å². The third kappa shape index (κ3) is 4.64. The quantitative estimate of drug-likeness (QED) is 0.795. The van der Waals surface area contributed by atoms with E-state index in [1.165, 1.54) is 14.2 Å². The van der Waals surface area contributed by atoms with E-state index in [1.54, 1.807) is 30.3 Å².